The van der Waals surface area contributed by atoms with Crippen molar-refractivity contribution in [2.45, 2.75) is 51.5 Å². The summed E-state index contributed by atoms with van der Waals surface area (Å²) in [5.41, 5.74) is 2.39. The predicted molar refractivity (Wildman–Crippen MR) is 81.2 cm³/mol. The highest BCUT2D eigenvalue weighted by Gasteiger charge is 2.31. The number of carboxylic acid groups (broad SMARTS) is 1. The van der Waals surface area contributed by atoms with Crippen LogP contribution in [-0.4, -0.2) is 34.5 Å². The zero-order valence-corrected chi connectivity index (χ0v) is 12.7. The standard InChI is InChI=1S/C17H23NO3/c1-12-6-3-4-8-15(12)13(2)10-16(19)18-9-5-7-14(18)11-17(20)21/h3-4,6,8,13-14H,5,7,9-11H2,1-2H3,(H,20,21). The first-order valence-corrected chi connectivity index (χ1v) is 7.56. The molecule has 114 valence electrons. The van der Waals surface area contributed by atoms with Crippen LogP contribution < -0.4 is 0 Å². The first-order valence-electron chi connectivity index (χ1n) is 7.56. The minimum atomic E-state index is -0.827. The van der Waals surface area contributed by atoms with Gasteiger partial charge in [0.1, 0.15) is 0 Å². The van der Waals surface area contributed by atoms with E-state index in [0.717, 1.165) is 12.8 Å². The minimum absolute atomic E-state index is 0.0600. The van der Waals surface area contributed by atoms with Gasteiger partial charge in [-0.05, 0) is 36.8 Å². The molecule has 1 aliphatic rings. The molecule has 1 N–H and O–H groups in total. The molecule has 4 heteroatoms. The van der Waals surface area contributed by atoms with Gasteiger partial charge < -0.3 is 10.0 Å². The van der Waals surface area contributed by atoms with Crippen LogP contribution >= 0.6 is 0 Å². The van der Waals surface area contributed by atoms with Crippen LogP contribution in [0.3, 0.4) is 0 Å². The molecule has 0 aromatic heterocycles. The number of aryl methyl sites for hydroxylation is 1. The molecule has 1 heterocycles. The Bertz CT molecular complexity index is 527. The van der Waals surface area contributed by atoms with Gasteiger partial charge in [-0.15, -0.1) is 0 Å². The van der Waals surface area contributed by atoms with Crippen molar-refractivity contribution in [2.75, 3.05) is 6.54 Å². The van der Waals surface area contributed by atoms with E-state index in [2.05, 4.69) is 26.0 Å². The Kier molecular flexibility index (Phi) is 4.99. The van der Waals surface area contributed by atoms with Crippen molar-refractivity contribution in [1.29, 1.82) is 0 Å². The van der Waals surface area contributed by atoms with Crippen molar-refractivity contribution in [3.63, 3.8) is 0 Å². The Labute approximate surface area is 125 Å². The van der Waals surface area contributed by atoms with Crippen LogP contribution in [0.2, 0.25) is 0 Å². The summed E-state index contributed by atoms with van der Waals surface area (Å²) < 4.78 is 0. The summed E-state index contributed by atoms with van der Waals surface area (Å²) in [6, 6.07) is 7.98. The zero-order chi connectivity index (χ0) is 15.4. The van der Waals surface area contributed by atoms with Crippen molar-refractivity contribution < 1.29 is 14.7 Å². The molecule has 1 aliphatic heterocycles. The summed E-state index contributed by atoms with van der Waals surface area (Å²) in [6.45, 7) is 4.80. The van der Waals surface area contributed by atoms with E-state index >= 15 is 0 Å². The van der Waals surface area contributed by atoms with Crippen molar-refractivity contribution >= 4 is 11.9 Å². The normalized spacial score (nSPS) is 19.5. The number of amides is 1. The number of carbonyl (C=O) groups is 2. The summed E-state index contributed by atoms with van der Waals surface area (Å²) in [7, 11) is 0. The molecule has 1 aromatic rings. The van der Waals surface area contributed by atoms with Gasteiger partial charge in [-0.3, -0.25) is 9.59 Å². The molecule has 0 saturated carbocycles. The van der Waals surface area contributed by atoms with Crippen LogP contribution in [0.25, 0.3) is 0 Å². The molecule has 0 radical (unpaired) electrons. The second kappa shape index (κ2) is 6.74. The number of hydrogen-bond acceptors (Lipinski definition) is 2. The van der Waals surface area contributed by atoms with Crippen molar-refractivity contribution in [1.82, 2.24) is 4.90 Å². The quantitative estimate of drug-likeness (QED) is 0.906. The molecule has 2 atom stereocenters. The van der Waals surface area contributed by atoms with E-state index in [-0.39, 0.29) is 24.3 Å². The first kappa shape index (κ1) is 15.5. The van der Waals surface area contributed by atoms with Gasteiger partial charge in [0.15, 0.2) is 0 Å². The van der Waals surface area contributed by atoms with Crippen LogP contribution in [0.1, 0.15) is 49.7 Å². The van der Waals surface area contributed by atoms with E-state index in [4.69, 9.17) is 5.11 Å². The molecule has 0 spiro atoms. The lowest BCUT2D eigenvalue weighted by atomic mass is 9.93. The monoisotopic (exact) mass is 289 g/mol. The highest BCUT2D eigenvalue weighted by Crippen LogP contribution is 2.26. The van der Waals surface area contributed by atoms with Crippen LogP contribution in [0.5, 0.6) is 0 Å². The molecule has 2 rings (SSSR count). The van der Waals surface area contributed by atoms with E-state index in [0.29, 0.717) is 13.0 Å². The molecular formula is C17H23NO3. The summed E-state index contributed by atoms with van der Waals surface area (Å²) in [5, 5.41) is 8.93. The lowest BCUT2D eigenvalue weighted by molar-refractivity contribution is -0.140. The van der Waals surface area contributed by atoms with Crippen molar-refractivity contribution in [3.05, 3.63) is 35.4 Å². The van der Waals surface area contributed by atoms with Crippen LogP contribution in [0.4, 0.5) is 0 Å². The van der Waals surface area contributed by atoms with Gasteiger partial charge in [0.05, 0.1) is 6.42 Å². The molecule has 0 aliphatic carbocycles. The van der Waals surface area contributed by atoms with E-state index < -0.39 is 5.97 Å². The number of rotatable bonds is 5. The minimum Gasteiger partial charge on any atom is -0.481 e. The van der Waals surface area contributed by atoms with Gasteiger partial charge in [0, 0.05) is 19.0 Å². The van der Waals surface area contributed by atoms with Crippen LogP contribution in [0.15, 0.2) is 24.3 Å². The fourth-order valence-electron chi connectivity index (χ4n) is 3.21. The van der Waals surface area contributed by atoms with Crippen molar-refractivity contribution in [2.24, 2.45) is 0 Å². The first-order chi connectivity index (χ1) is 9.99. The highest BCUT2D eigenvalue weighted by molar-refractivity contribution is 5.79. The number of aliphatic carboxylic acids is 1. The van der Waals surface area contributed by atoms with Crippen LogP contribution in [-0.2, 0) is 9.59 Å². The molecule has 21 heavy (non-hydrogen) atoms. The van der Waals surface area contributed by atoms with Crippen LogP contribution in [0, 0.1) is 6.92 Å². The SMILES string of the molecule is Cc1ccccc1C(C)CC(=O)N1CCCC1CC(=O)O. The molecule has 2 unspecified atom stereocenters. The molecular weight excluding hydrogens is 266 g/mol. The molecule has 1 fully saturated rings. The zero-order valence-electron chi connectivity index (χ0n) is 12.7. The fourth-order valence-corrected chi connectivity index (χ4v) is 3.21. The third-order valence-corrected chi connectivity index (χ3v) is 4.31. The van der Waals surface area contributed by atoms with E-state index in [1.54, 1.807) is 4.90 Å². The third-order valence-electron chi connectivity index (χ3n) is 4.31. The molecule has 1 aromatic carbocycles. The average molecular weight is 289 g/mol. The second-order valence-electron chi connectivity index (χ2n) is 5.94. The summed E-state index contributed by atoms with van der Waals surface area (Å²) in [4.78, 5) is 25.1. The Hall–Kier alpha value is -1.84. The Morgan fingerprint density at radius 1 is 1.38 bits per heavy atom. The third kappa shape index (κ3) is 3.84. The summed E-state index contributed by atoms with van der Waals surface area (Å²) >= 11 is 0. The van der Waals surface area contributed by atoms with Gasteiger partial charge in [-0.1, -0.05) is 31.2 Å². The summed E-state index contributed by atoms with van der Waals surface area (Å²) in [5.74, 6) is -0.592. The highest BCUT2D eigenvalue weighted by atomic mass is 16.4. The topological polar surface area (TPSA) is 57.6 Å². The van der Waals surface area contributed by atoms with Crippen molar-refractivity contribution in [3.8, 4) is 0 Å². The largest absolute Gasteiger partial charge is 0.481 e. The Morgan fingerprint density at radius 3 is 2.76 bits per heavy atom. The van der Waals surface area contributed by atoms with Gasteiger partial charge in [0.25, 0.3) is 0 Å². The van der Waals surface area contributed by atoms with Gasteiger partial charge in [-0.2, -0.15) is 0 Å². The van der Waals surface area contributed by atoms with E-state index in [9.17, 15) is 9.59 Å². The number of benzene rings is 1. The fraction of sp³-hybridized carbons (Fsp3) is 0.529. The number of carbonyl (C=O) groups excluding carboxylic acids is 1. The van der Waals surface area contributed by atoms with E-state index in [1.807, 2.05) is 12.1 Å². The lowest BCUT2D eigenvalue weighted by Gasteiger charge is -2.25. The second-order valence-corrected chi connectivity index (χ2v) is 5.94. The lowest BCUT2D eigenvalue weighted by Crippen LogP contribution is -2.37. The Morgan fingerprint density at radius 2 is 2.10 bits per heavy atom. The summed E-state index contributed by atoms with van der Waals surface area (Å²) in [6.07, 6.45) is 2.21. The Balaban J connectivity index is 2.00. The number of likely N-dealkylation sites (tertiary alicyclic amines) is 1. The number of nitrogens with zero attached hydrogens (tertiary/aromatic N) is 1. The number of hydrogen-bond donors (Lipinski definition) is 1. The van der Waals surface area contributed by atoms with Gasteiger partial charge in [-0.25, -0.2) is 0 Å². The molecule has 4 nitrogen and oxygen atoms in total. The smallest absolute Gasteiger partial charge is 0.305 e. The maximum Gasteiger partial charge on any atom is 0.305 e. The number of carboxylic acids is 1. The van der Waals surface area contributed by atoms with Gasteiger partial charge >= 0.3 is 5.97 Å². The molecule has 0 bridgehead atoms. The maximum atomic E-state index is 12.5. The van der Waals surface area contributed by atoms with Gasteiger partial charge in [0.2, 0.25) is 5.91 Å². The maximum absolute atomic E-state index is 12.5. The predicted octanol–water partition coefficient (Wildman–Crippen LogP) is 2.95. The van der Waals surface area contributed by atoms with E-state index in [1.165, 1.54) is 11.1 Å². The molecule has 1 amide bonds. The average Bonchev–Trinajstić information content (AvgIpc) is 2.86. The molecule has 1 saturated heterocycles.